The molecule has 1 atom stereocenters. The second-order valence-corrected chi connectivity index (χ2v) is 8.26. The minimum Gasteiger partial charge on any atom is -0.354 e. The van der Waals surface area contributed by atoms with Crippen molar-refractivity contribution in [3.63, 3.8) is 0 Å². The maximum atomic E-state index is 13.1. The molecule has 2 saturated carbocycles. The van der Waals surface area contributed by atoms with Gasteiger partial charge in [-0.2, -0.15) is 0 Å². The molecule has 0 radical (unpaired) electrons. The average Bonchev–Trinajstić information content (AvgIpc) is 2.90. The Morgan fingerprint density at radius 2 is 1.74 bits per heavy atom. The Hall–Kier alpha value is -2.41. The quantitative estimate of drug-likeness (QED) is 0.646. The van der Waals surface area contributed by atoms with Crippen molar-refractivity contribution in [1.29, 1.82) is 0 Å². The van der Waals surface area contributed by atoms with Crippen molar-refractivity contribution in [2.75, 3.05) is 0 Å². The zero-order valence-corrected chi connectivity index (χ0v) is 16.6. The van der Waals surface area contributed by atoms with E-state index in [4.69, 9.17) is 0 Å². The van der Waals surface area contributed by atoms with Gasteiger partial charge in [-0.15, -0.1) is 5.92 Å². The van der Waals surface area contributed by atoms with E-state index < -0.39 is 5.92 Å². The van der Waals surface area contributed by atoms with E-state index in [1.54, 1.807) is 6.92 Å². The average molecular weight is 365 g/mol. The second-order valence-electron chi connectivity index (χ2n) is 8.26. The number of carbonyl (C=O) groups is 3. The number of benzene rings is 1. The predicted molar refractivity (Wildman–Crippen MR) is 104 cm³/mol. The molecule has 0 bridgehead atoms. The normalized spacial score (nSPS) is 27.4. The Labute approximate surface area is 161 Å². The fourth-order valence-electron chi connectivity index (χ4n) is 5.09. The van der Waals surface area contributed by atoms with E-state index in [2.05, 4.69) is 17.2 Å². The van der Waals surface area contributed by atoms with Gasteiger partial charge in [0.25, 0.3) is 0 Å². The first kappa shape index (κ1) is 19.4. The lowest BCUT2D eigenvalue weighted by Crippen LogP contribution is -2.40. The summed E-state index contributed by atoms with van der Waals surface area (Å²) in [5.41, 5.74) is 3.42. The molecule has 2 aliphatic rings. The molecule has 3 rings (SSSR count). The van der Waals surface area contributed by atoms with Crippen LogP contribution in [-0.2, 0) is 14.4 Å². The highest BCUT2D eigenvalue weighted by Crippen LogP contribution is 2.50. The molecule has 1 spiro atoms. The van der Waals surface area contributed by atoms with Gasteiger partial charge in [0.1, 0.15) is 17.5 Å². The zero-order chi connectivity index (χ0) is 19.8. The van der Waals surface area contributed by atoms with Crippen molar-refractivity contribution in [3.05, 3.63) is 34.4 Å². The minimum atomic E-state index is -0.654. The molecule has 1 unspecified atom stereocenters. The Morgan fingerprint density at radius 3 is 2.26 bits per heavy atom. The number of ketones is 2. The van der Waals surface area contributed by atoms with E-state index in [1.165, 1.54) is 6.92 Å². The zero-order valence-electron chi connectivity index (χ0n) is 16.6. The molecule has 142 valence electrons. The van der Waals surface area contributed by atoms with E-state index in [-0.39, 0.29) is 28.9 Å². The van der Waals surface area contributed by atoms with E-state index in [0.29, 0.717) is 12.8 Å². The monoisotopic (exact) mass is 365 g/mol. The smallest absolute Gasteiger partial charge is 0.217 e. The van der Waals surface area contributed by atoms with Crippen LogP contribution in [-0.4, -0.2) is 23.5 Å². The third-order valence-corrected chi connectivity index (χ3v) is 6.00. The highest BCUT2D eigenvalue weighted by Gasteiger charge is 2.49. The first-order valence-corrected chi connectivity index (χ1v) is 9.61. The van der Waals surface area contributed by atoms with Crippen LogP contribution < -0.4 is 5.32 Å². The highest BCUT2D eigenvalue weighted by atomic mass is 16.2. The van der Waals surface area contributed by atoms with Crippen LogP contribution >= 0.6 is 0 Å². The van der Waals surface area contributed by atoms with E-state index in [1.807, 2.05) is 26.0 Å². The van der Waals surface area contributed by atoms with Gasteiger partial charge >= 0.3 is 0 Å². The number of hydrogen-bond donors (Lipinski definition) is 1. The van der Waals surface area contributed by atoms with Crippen LogP contribution in [0.1, 0.15) is 74.1 Å². The van der Waals surface area contributed by atoms with Crippen molar-refractivity contribution in [3.8, 4) is 11.8 Å². The molecule has 4 nitrogen and oxygen atoms in total. The van der Waals surface area contributed by atoms with Crippen LogP contribution in [0.25, 0.3) is 0 Å². The number of carbonyl (C=O) groups excluding carboxylic acids is 3. The van der Waals surface area contributed by atoms with E-state index in [9.17, 15) is 14.4 Å². The Kier molecular flexibility index (Phi) is 5.24. The van der Waals surface area contributed by atoms with E-state index >= 15 is 0 Å². The SMILES string of the molecule is CC#Cc1cc(C)c(C2C(=O)CC3(CCC(NC(C)=O)C3)CC2=O)c(C)c1. The summed E-state index contributed by atoms with van der Waals surface area (Å²) >= 11 is 0. The lowest BCUT2D eigenvalue weighted by Gasteiger charge is -2.36. The maximum Gasteiger partial charge on any atom is 0.217 e. The minimum absolute atomic E-state index is 0.0234. The van der Waals surface area contributed by atoms with Crippen LogP contribution in [0.2, 0.25) is 0 Å². The summed E-state index contributed by atoms with van der Waals surface area (Å²) in [6, 6.07) is 4.01. The first-order valence-electron chi connectivity index (χ1n) is 9.61. The summed E-state index contributed by atoms with van der Waals surface area (Å²) in [7, 11) is 0. The highest BCUT2D eigenvalue weighted by molar-refractivity contribution is 6.10. The third kappa shape index (κ3) is 3.83. The summed E-state index contributed by atoms with van der Waals surface area (Å²) in [6.45, 7) is 7.21. The summed E-state index contributed by atoms with van der Waals surface area (Å²) in [5, 5.41) is 2.95. The van der Waals surface area contributed by atoms with Gasteiger partial charge in [-0.05, 0) is 74.3 Å². The predicted octanol–water partition coefficient (Wildman–Crippen LogP) is 3.37. The molecule has 27 heavy (non-hydrogen) atoms. The van der Waals surface area contributed by atoms with Crippen molar-refractivity contribution in [2.24, 2.45) is 5.41 Å². The molecule has 0 aromatic heterocycles. The number of amides is 1. The van der Waals surface area contributed by atoms with Gasteiger partial charge in [-0.25, -0.2) is 0 Å². The fraction of sp³-hybridized carbons (Fsp3) is 0.522. The van der Waals surface area contributed by atoms with Gasteiger partial charge < -0.3 is 5.32 Å². The largest absolute Gasteiger partial charge is 0.354 e. The van der Waals surface area contributed by atoms with Crippen LogP contribution in [0, 0.1) is 31.1 Å². The molecule has 0 saturated heterocycles. The second kappa shape index (κ2) is 7.31. The lowest BCUT2D eigenvalue weighted by atomic mass is 9.65. The Bertz CT molecular complexity index is 830. The molecule has 2 aliphatic carbocycles. The number of hydrogen-bond acceptors (Lipinski definition) is 3. The molecule has 1 aromatic rings. The fourth-order valence-corrected chi connectivity index (χ4v) is 5.09. The molecule has 2 fully saturated rings. The first-order chi connectivity index (χ1) is 12.7. The Balaban J connectivity index is 1.85. The number of Topliss-reactive ketones (excluding diaryl/α,β-unsaturated/α-hetero) is 2. The van der Waals surface area contributed by atoms with Crippen LogP contribution in [0.5, 0.6) is 0 Å². The molecule has 0 heterocycles. The van der Waals surface area contributed by atoms with Gasteiger partial charge in [-0.3, -0.25) is 14.4 Å². The van der Waals surface area contributed by atoms with Gasteiger partial charge in [0.2, 0.25) is 5.91 Å². The number of aryl methyl sites for hydroxylation is 2. The number of rotatable bonds is 2. The van der Waals surface area contributed by atoms with Gasteiger partial charge in [0, 0.05) is 31.4 Å². The van der Waals surface area contributed by atoms with Gasteiger partial charge in [-0.1, -0.05) is 5.92 Å². The van der Waals surface area contributed by atoms with Crippen LogP contribution in [0.15, 0.2) is 12.1 Å². The van der Waals surface area contributed by atoms with Crippen LogP contribution in [0.4, 0.5) is 0 Å². The molecular weight excluding hydrogens is 338 g/mol. The topological polar surface area (TPSA) is 63.2 Å². The van der Waals surface area contributed by atoms with Crippen molar-refractivity contribution in [1.82, 2.24) is 5.32 Å². The van der Waals surface area contributed by atoms with Crippen LogP contribution in [0.3, 0.4) is 0 Å². The molecule has 4 heteroatoms. The third-order valence-electron chi connectivity index (χ3n) is 6.00. The lowest BCUT2D eigenvalue weighted by molar-refractivity contribution is -0.136. The molecular formula is C23H27NO3. The standard InChI is InChI=1S/C23H27NO3/c1-5-6-17-9-14(2)21(15(3)10-17)22-19(26)12-23(13-20(22)27)8-7-18(11-23)24-16(4)25/h9-10,18,22H,7-8,11-13H2,1-4H3,(H,24,25). The molecule has 1 N–H and O–H groups in total. The molecule has 0 aliphatic heterocycles. The van der Waals surface area contributed by atoms with Gasteiger partial charge in [0.15, 0.2) is 0 Å². The summed E-state index contributed by atoms with van der Waals surface area (Å²) in [6.07, 6.45) is 3.24. The summed E-state index contributed by atoms with van der Waals surface area (Å²) in [5.74, 6) is 5.28. The maximum absolute atomic E-state index is 13.1. The Morgan fingerprint density at radius 1 is 1.15 bits per heavy atom. The summed E-state index contributed by atoms with van der Waals surface area (Å²) < 4.78 is 0. The number of nitrogens with one attached hydrogen (secondary N) is 1. The van der Waals surface area contributed by atoms with E-state index in [0.717, 1.165) is 41.5 Å². The van der Waals surface area contributed by atoms with Crippen molar-refractivity contribution < 1.29 is 14.4 Å². The summed E-state index contributed by atoms with van der Waals surface area (Å²) in [4.78, 5) is 37.5. The van der Waals surface area contributed by atoms with Crippen molar-refractivity contribution >= 4 is 17.5 Å². The molecule has 1 amide bonds. The van der Waals surface area contributed by atoms with Gasteiger partial charge in [0.05, 0.1) is 0 Å². The van der Waals surface area contributed by atoms with Crippen molar-refractivity contribution in [2.45, 2.75) is 71.8 Å². The molecule has 1 aromatic carbocycles.